The molecule has 0 aliphatic heterocycles. The largest absolute Gasteiger partial charge is 0.383 e. The van der Waals surface area contributed by atoms with Gasteiger partial charge in [0.1, 0.15) is 5.82 Å². The molecule has 1 N–H and O–H groups in total. The molecule has 80 valence electrons. The number of methoxy groups -OCH3 is 1. The molecule has 1 unspecified atom stereocenters. The van der Waals surface area contributed by atoms with Crippen molar-refractivity contribution in [1.82, 2.24) is 14.9 Å². The number of hydrogen-bond acceptors (Lipinski definition) is 3. The summed E-state index contributed by atoms with van der Waals surface area (Å²) in [5.41, 5.74) is 0. The average Bonchev–Trinajstić information content (AvgIpc) is 2.62. The van der Waals surface area contributed by atoms with Crippen LogP contribution in [0.1, 0.15) is 19.7 Å². The lowest BCUT2D eigenvalue weighted by Gasteiger charge is -2.12. The van der Waals surface area contributed by atoms with Crippen molar-refractivity contribution in [1.29, 1.82) is 0 Å². The zero-order valence-corrected chi connectivity index (χ0v) is 9.16. The highest BCUT2D eigenvalue weighted by molar-refractivity contribution is 4.91. The summed E-state index contributed by atoms with van der Waals surface area (Å²) >= 11 is 0. The normalized spacial score (nSPS) is 13.1. The Kier molecular flexibility index (Phi) is 4.62. The maximum absolute atomic E-state index is 5.04. The maximum atomic E-state index is 5.04. The summed E-state index contributed by atoms with van der Waals surface area (Å²) in [5.74, 6) is 1.08. The number of rotatable bonds is 6. The summed E-state index contributed by atoms with van der Waals surface area (Å²) in [6.45, 7) is 6.71. The Morgan fingerprint density at radius 3 is 3.07 bits per heavy atom. The molecule has 0 aliphatic carbocycles. The van der Waals surface area contributed by atoms with Crippen LogP contribution in [0.5, 0.6) is 0 Å². The molecule has 0 bridgehead atoms. The van der Waals surface area contributed by atoms with Crippen molar-refractivity contribution in [2.45, 2.75) is 33.0 Å². The van der Waals surface area contributed by atoms with Crippen LogP contribution in [0.15, 0.2) is 12.4 Å². The van der Waals surface area contributed by atoms with E-state index in [0.29, 0.717) is 6.04 Å². The first-order valence-corrected chi connectivity index (χ1v) is 5.00. The van der Waals surface area contributed by atoms with Crippen LogP contribution in [-0.2, 0) is 17.8 Å². The molecule has 0 radical (unpaired) electrons. The van der Waals surface area contributed by atoms with Crippen molar-refractivity contribution in [2.75, 3.05) is 13.7 Å². The zero-order valence-electron chi connectivity index (χ0n) is 9.16. The first kappa shape index (κ1) is 11.2. The number of hydrogen-bond donors (Lipinski definition) is 1. The Balaban J connectivity index is 2.37. The zero-order chi connectivity index (χ0) is 10.4. The number of aromatic nitrogens is 2. The maximum Gasteiger partial charge on any atom is 0.122 e. The molecule has 0 aromatic carbocycles. The summed E-state index contributed by atoms with van der Waals surface area (Å²) in [6, 6.07) is 0.363. The summed E-state index contributed by atoms with van der Waals surface area (Å²) in [5, 5.41) is 3.35. The topological polar surface area (TPSA) is 39.1 Å². The Bertz CT molecular complexity index is 260. The molecular weight excluding hydrogens is 178 g/mol. The van der Waals surface area contributed by atoms with Gasteiger partial charge in [-0.2, -0.15) is 0 Å². The van der Waals surface area contributed by atoms with E-state index in [9.17, 15) is 0 Å². The van der Waals surface area contributed by atoms with Gasteiger partial charge in [0.15, 0.2) is 0 Å². The number of aryl methyl sites for hydroxylation is 1. The Hall–Kier alpha value is -0.870. The highest BCUT2D eigenvalue weighted by atomic mass is 16.5. The third-order valence-corrected chi connectivity index (χ3v) is 2.17. The van der Waals surface area contributed by atoms with Crippen molar-refractivity contribution in [3.05, 3.63) is 18.2 Å². The van der Waals surface area contributed by atoms with Crippen LogP contribution in [0, 0.1) is 0 Å². The summed E-state index contributed by atoms with van der Waals surface area (Å²) in [7, 11) is 1.71. The highest BCUT2D eigenvalue weighted by Crippen LogP contribution is 1.97. The van der Waals surface area contributed by atoms with Crippen LogP contribution in [0.2, 0.25) is 0 Å². The molecule has 14 heavy (non-hydrogen) atoms. The predicted octanol–water partition coefficient (Wildman–Crippen LogP) is 1.03. The quantitative estimate of drug-likeness (QED) is 0.740. The van der Waals surface area contributed by atoms with Gasteiger partial charge in [-0.3, -0.25) is 0 Å². The SMILES string of the molecule is CCn1ccnc1CNC(C)COC. The van der Waals surface area contributed by atoms with E-state index >= 15 is 0 Å². The van der Waals surface area contributed by atoms with Gasteiger partial charge >= 0.3 is 0 Å². The standard InChI is InChI=1S/C10H19N3O/c1-4-13-6-5-11-10(13)7-12-9(2)8-14-3/h5-6,9,12H,4,7-8H2,1-3H3. The molecule has 0 fully saturated rings. The molecule has 4 heteroatoms. The second kappa shape index (κ2) is 5.78. The molecule has 0 aliphatic rings. The Labute approximate surface area is 85.3 Å². The number of ether oxygens (including phenoxy) is 1. The van der Waals surface area contributed by atoms with E-state index in [-0.39, 0.29) is 0 Å². The highest BCUT2D eigenvalue weighted by Gasteiger charge is 2.03. The minimum Gasteiger partial charge on any atom is -0.383 e. The lowest BCUT2D eigenvalue weighted by atomic mass is 10.3. The summed E-state index contributed by atoms with van der Waals surface area (Å²) < 4.78 is 7.17. The van der Waals surface area contributed by atoms with Gasteiger partial charge in [0.25, 0.3) is 0 Å². The molecule has 1 rings (SSSR count). The second-order valence-electron chi connectivity index (χ2n) is 3.37. The summed E-state index contributed by atoms with van der Waals surface area (Å²) in [4.78, 5) is 4.28. The fourth-order valence-corrected chi connectivity index (χ4v) is 1.37. The van der Waals surface area contributed by atoms with Crippen LogP contribution in [0.25, 0.3) is 0 Å². The molecule has 0 saturated carbocycles. The van der Waals surface area contributed by atoms with Gasteiger partial charge in [-0.05, 0) is 13.8 Å². The monoisotopic (exact) mass is 197 g/mol. The molecule has 1 aromatic rings. The lowest BCUT2D eigenvalue weighted by molar-refractivity contribution is 0.171. The molecule has 1 heterocycles. The van der Waals surface area contributed by atoms with Crippen LogP contribution in [0.3, 0.4) is 0 Å². The van der Waals surface area contributed by atoms with E-state index in [4.69, 9.17) is 4.74 Å². The van der Waals surface area contributed by atoms with Gasteiger partial charge in [-0.15, -0.1) is 0 Å². The van der Waals surface area contributed by atoms with Crippen molar-refractivity contribution in [3.8, 4) is 0 Å². The first-order chi connectivity index (χ1) is 6.77. The fraction of sp³-hybridized carbons (Fsp3) is 0.700. The van der Waals surface area contributed by atoms with E-state index in [1.807, 2.05) is 12.4 Å². The average molecular weight is 197 g/mol. The van der Waals surface area contributed by atoms with Crippen LogP contribution >= 0.6 is 0 Å². The third-order valence-electron chi connectivity index (χ3n) is 2.17. The number of nitrogens with one attached hydrogen (secondary N) is 1. The first-order valence-electron chi connectivity index (χ1n) is 5.00. The molecule has 1 atom stereocenters. The molecule has 0 amide bonds. The van der Waals surface area contributed by atoms with Gasteiger partial charge < -0.3 is 14.6 Å². The lowest BCUT2D eigenvalue weighted by Crippen LogP contribution is -2.30. The Morgan fingerprint density at radius 2 is 2.43 bits per heavy atom. The van der Waals surface area contributed by atoms with Crippen LogP contribution < -0.4 is 5.32 Å². The van der Waals surface area contributed by atoms with E-state index in [1.54, 1.807) is 7.11 Å². The van der Waals surface area contributed by atoms with Crippen molar-refractivity contribution in [3.63, 3.8) is 0 Å². The van der Waals surface area contributed by atoms with Crippen LogP contribution in [0.4, 0.5) is 0 Å². The van der Waals surface area contributed by atoms with Gasteiger partial charge in [0.05, 0.1) is 13.2 Å². The van der Waals surface area contributed by atoms with Gasteiger partial charge in [0, 0.05) is 32.1 Å². The molecular formula is C10H19N3O. The molecule has 0 saturated heterocycles. The minimum absolute atomic E-state index is 0.363. The molecule has 4 nitrogen and oxygen atoms in total. The number of imidazole rings is 1. The van der Waals surface area contributed by atoms with E-state index in [0.717, 1.165) is 25.5 Å². The van der Waals surface area contributed by atoms with E-state index < -0.39 is 0 Å². The van der Waals surface area contributed by atoms with Crippen molar-refractivity contribution >= 4 is 0 Å². The van der Waals surface area contributed by atoms with Crippen LogP contribution in [-0.4, -0.2) is 29.3 Å². The predicted molar refractivity (Wildman–Crippen MR) is 56.1 cm³/mol. The Morgan fingerprint density at radius 1 is 1.64 bits per heavy atom. The van der Waals surface area contributed by atoms with E-state index in [2.05, 4.69) is 28.7 Å². The van der Waals surface area contributed by atoms with Gasteiger partial charge in [-0.25, -0.2) is 4.98 Å². The van der Waals surface area contributed by atoms with Crippen molar-refractivity contribution < 1.29 is 4.74 Å². The summed E-state index contributed by atoms with van der Waals surface area (Å²) in [6.07, 6.45) is 3.83. The van der Waals surface area contributed by atoms with Gasteiger partial charge in [0.2, 0.25) is 0 Å². The minimum atomic E-state index is 0.363. The molecule has 1 aromatic heterocycles. The smallest absolute Gasteiger partial charge is 0.122 e. The number of nitrogens with zero attached hydrogens (tertiary/aromatic N) is 2. The molecule has 0 spiro atoms. The van der Waals surface area contributed by atoms with E-state index in [1.165, 1.54) is 0 Å². The van der Waals surface area contributed by atoms with Gasteiger partial charge in [-0.1, -0.05) is 0 Å². The van der Waals surface area contributed by atoms with Crippen molar-refractivity contribution in [2.24, 2.45) is 0 Å². The third kappa shape index (κ3) is 3.12. The fourth-order valence-electron chi connectivity index (χ4n) is 1.37. The second-order valence-corrected chi connectivity index (χ2v) is 3.37.